The van der Waals surface area contributed by atoms with Gasteiger partial charge in [-0.15, -0.1) is 0 Å². The molecule has 2 N–H and O–H groups in total. The lowest BCUT2D eigenvalue weighted by atomic mass is 10.2. The minimum absolute atomic E-state index is 0.172. The van der Waals surface area contributed by atoms with Crippen LogP contribution in [0.5, 0.6) is 0 Å². The van der Waals surface area contributed by atoms with E-state index in [1.165, 1.54) is 12.4 Å². The van der Waals surface area contributed by atoms with E-state index in [9.17, 15) is 4.79 Å². The monoisotopic (exact) mass is 317 g/mol. The quantitative estimate of drug-likeness (QED) is 0.703. The Morgan fingerprint density at radius 2 is 2.18 bits per heavy atom. The van der Waals surface area contributed by atoms with Crippen LogP contribution in [0, 0.1) is 4.77 Å². The van der Waals surface area contributed by atoms with Crippen molar-refractivity contribution < 1.29 is 9.42 Å². The molecule has 0 unspecified atom stereocenters. The fourth-order valence-electron chi connectivity index (χ4n) is 1.89. The maximum absolute atomic E-state index is 12.2. The Labute approximate surface area is 129 Å². The smallest absolute Gasteiger partial charge is 0.257 e. The number of nitrogens with zero attached hydrogens (tertiary/aromatic N) is 5. The van der Waals surface area contributed by atoms with Gasteiger partial charge in [0.05, 0.1) is 0 Å². The van der Waals surface area contributed by atoms with Gasteiger partial charge in [-0.3, -0.25) is 19.4 Å². The van der Waals surface area contributed by atoms with Crippen LogP contribution in [-0.2, 0) is 6.54 Å². The maximum Gasteiger partial charge on any atom is 0.257 e. The first kappa shape index (κ1) is 14.1. The van der Waals surface area contributed by atoms with E-state index in [-0.39, 0.29) is 11.7 Å². The first-order valence-electron chi connectivity index (χ1n) is 6.40. The van der Waals surface area contributed by atoms with Gasteiger partial charge in [0, 0.05) is 24.5 Å². The minimum atomic E-state index is -0.350. The zero-order valence-electron chi connectivity index (χ0n) is 11.5. The third-order valence-corrected chi connectivity index (χ3v) is 3.26. The fraction of sp³-hybridized carbons (Fsp3) is 0.167. The second-order valence-corrected chi connectivity index (χ2v) is 4.63. The van der Waals surface area contributed by atoms with Gasteiger partial charge < -0.3 is 5.32 Å². The molecule has 0 aliphatic heterocycles. The van der Waals surface area contributed by atoms with Gasteiger partial charge in [0.1, 0.15) is 0 Å². The standard InChI is InChI=1S/C12H11N7O2S/c1-2-19-10(15-16-12(19)22)8-9(18-21-17-8)14-11(20)7-3-5-13-6-4-7/h3-6H,2H2,1H3,(H,16,22)(H,14,18,20). The minimum Gasteiger partial charge on any atom is -0.302 e. The summed E-state index contributed by atoms with van der Waals surface area (Å²) in [7, 11) is 0. The fourth-order valence-corrected chi connectivity index (χ4v) is 2.15. The van der Waals surface area contributed by atoms with Crippen LogP contribution in [0.3, 0.4) is 0 Å². The summed E-state index contributed by atoms with van der Waals surface area (Å²) in [5, 5.41) is 16.9. The zero-order valence-corrected chi connectivity index (χ0v) is 12.3. The van der Waals surface area contributed by atoms with E-state index in [0.29, 0.717) is 28.4 Å². The van der Waals surface area contributed by atoms with Gasteiger partial charge >= 0.3 is 0 Å². The molecule has 22 heavy (non-hydrogen) atoms. The summed E-state index contributed by atoms with van der Waals surface area (Å²) in [4.78, 5) is 16.0. The summed E-state index contributed by atoms with van der Waals surface area (Å²) in [5.41, 5.74) is 0.745. The Bertz CT molecular complexity index is 852. The number of hydrogen-bond acceptors (Lipinski definition) is 7. The van der Waals surface area contributed by atoms with Crippen molar-refractivity contribution in [2.45, 2.75) is 13.5 Å². The first-order chi connectivity index (χ1) is 10.7. The highest BCUT2D eigenvalue weighted by molar-refractivity contribution is 7.71. The van der Waals surface area contributed by atoms with E-state index in [2.05, 4.69) is 30.8 Å². The Hall–Kier alpha value is -2.88. The average Bonchev–Trinajstić information content (AvgIpc) is 3.14. The van der Waals surface area contributed by atoms with Gasteiger partial charge in [-0.1, -0.05) is 0 Å². The number of rotatable bonds is 4. The molecular formula is C12H11N7O2S. The highest BCUT2D eigenvalue weighted by Gasteiger charge is 2.20. The van der Waals surface area contributed by atoms with Crippen molar-refractivity contribution in [2.24, 2.45) is 0 Å². The number of pyridine rings is 1. The maximum atomic E-state index is 12.2. The molecule has 9 nitrogen and oxygen atoms in total. The summed E-state index contributed by atoms with van der Waals surface area (Å²) < 4.78 is 6.89. The molecule has 1 amide bonds. The molecule has 0 spiro atoms. The van der Waals surface area contributed by atoms with Crippen LogP contribution < -0.4 is 5.32 Å². The second-order valence-electron chi connectivity index (χ2n) is 4.25. The molecule has 0 aromatic carbocycles. The van der Waals surface area contributed by atoms with Crippen molar-refractivity contribution in [3.05, 3.63) is 34.9 Å². The Kier molecular flexibility index (Phi) is 3.74. The number of aromatic amines is 1. The topological polar surface area (TPSA) is 115 Å². The molecule has 0 aliphatic rings. The van der Waals surface area contributed by atoms with Crippen LogP contribution in [0.25, 0.3) is 11.5 Å². The molecule has 3 heterocycles. The van der Waals surface area contributed by atoms with Crippen molar-refractivity contribution in [3.63, 3.8) is 0 Å². The summed E-state index contributed by atoms with van der Waals surface area (Å²) in [6.45, 7) is 2.51. The molecule has 0 aliphatic carbocycles. The third-order valence-electron chi connectivity index (χ3n) is 2.95. The van der Waals surface area contributed by atoms with Crippen LogP contribution in [-0.4, -0.2) is 36.0 Å². The van der Waals surface area contributed by atoms with E-state index in [1.807, 2.05) is 6.92 Å². The number of amides is 1. The molecular weight excluding hydrogens is 306 g/mol. The van der Waals surface area contributed by atoms with Crippen LogP contribution in [0.1, 0.15) is 17.3 Å². The number of aromatic nitrogens is 6. The van der Waals surface area contributed by atoms with E-state index in [4.69, 9.17) is 16.8 Å². The molecule has 0 bridgehead atoms. The lowest BCUT2D eigenvalue weighted by Gasteiger charge is -2.03. The Balaban J connectivity index is 1.93. The largest absolute Gasteiger partial charge is 0.302 e. The van der Waals surface area contributed by atoms with Crippen LogP contribution in [0.2, 0.25) is 0 Å². The number of hydrogen-bond donors (Lipinski definition) is 2. The second kappa shape index (κ2) is 5.85. The van der Waals surface area contributed by atoms with Gasteiger partial charge in [-0.25, -0.2) is 4.63 Å². The lowest BCUT2D eigenvalue weighted by molar-refractivity contribution is 0.102. The summed E-state index contributed by atoms with van der Waals surface area (Å²) >= 11 is 5.13. The highest BCUT2D eigenvalue weighted by Crippen LogP contribution is 2.23. The predicted molar refractivity (Wildman–Crippen MR) is 78.6 cm³/mol. The summed E-state index contributed by atoms with van der Waals surface area (Å²) in [6.07, 6.45) is 3.05. The SMILES string of the molecule is CCn1c(-c2nonc2NC(=O)c2ccncc2)n[nH]c1=S. The normalized spacial score (nSPS) is 10.6. The predicted octanol–water partition coefficient (Wildman–Crippen LogP) is 1.66. The Morgan fingerprint density at radius 3 is 2.91 bits per heavy atom. The molecule has 3 rings (SSSR count). The lowest BCUT2D eigenvalue weighted by Crippen LogP contribution is -2.13. The van der Waals surface area contributed by atoms with Crippen LogP contribution >= 0.6 is 12.2 Å². The summed E-state index contributed by atoms with van der Waals surface area (Å²) in [6, 6.07) is 3.18. The summed E-state index contributed by atoms with van der Waals surface area (Å²) in [5.74, 6) is 0.265. The van der Waals surface area contributed by atoms with Crippen molar-refractivity contribution >= 4 is 23.9 Å². The molecule has 0 radical (unpaired) electrons. The zero-order chi connectivity index (χ0) is 15.5. The molecule has 0 fully saturated rings. The molecule has 3 aromatic heterocycles. The van der Waals surface area contributed by atoms with Gasteiger partial charge in [0.2, 0.25) is 5.82 Å². The van der Waals surface area contributed by atoms with Gasteiger partial charge in [-0.05, 0) is 41.6 Å². The first-order valence-corrected chi connectivity index (χ1v) is 6.81. The number of carbonyl (C=O) groups is 1. The van der Waals surface area contributed by atoms with Crippen molar-refractivity contribution in [1.29, 1.82) is 0 Å². The van der Waals surface area contributed by atoms with E-state index in [1.54, 1.807) is 16.7 Å². The number of nitrogens with one attached hydrogen (secondary N) is 2. The van der Waals surface area contributed by atoms with Gasteiger partial charge in [-0.2, -0.15) is 5.10 Å². The molecule has 112 valence electrons. The van der Waals surface area contributed by atoms with Crippen molar-refractivity contribution in [3.8, 4) is 11.5 Å². The third kappa shape index (κ3) is 2.51. The van der Waals surface area contributed by atoms with E-state index in [0.717, 1.165) is 0 Å². The van der Waals surface area contributed by atoms with Crippen LogP contribution in [0.4, 0.5) is 5.82 Å². The highest BCUT2D eigenvalue weighted by atomic mass is 32.1. The van der Waals surface area contributed by atoms with E-state index >= 15 is 0 Å². The average molecular weight is 317 g/mol. The van der Waals surface area contributed by atoms with Crippen LogP contribution in [0.15, 0.2) is 29.2 Å². The van der Waals surface area contributed by atoms with Gasteiger partial charge in [0.25, 0.3) is 5.91 Å². The molecule has 0 saturated carbocycles. The molecule has 3 aromatic rings. The number of H-pyrrole nitrogens is 1. The number of carbonyl (C=O) groups excluding carboxylic acids is 1. The number of anilines is 1. The van der Waals surface area contributed by atoms with Crippen molar-refractivity contribution in [2.75, 3.05) is 5.32 Å². The molecule has 0 saturated heterocycles. The Morgan fingerprint density at radius 1 is 1.41 bits per heavy atom. The van der Waals surface area contributed by atoms with Gasteiger partial charge in [0.15, 0.2) is 16.3 Å². The molecule has 0 atom stereocenters. The van der Waals surface area contributed by atoms with E-state index < -0.39 is 0 Å². The van der Waals surface area contributed by atoms with Crippen molar-refractivity contribution in [1.82, 2.24) is 30.1 Å². The molecule has 10 heteroatoms.